The molecule has 0 spiro atoms. The number of nitrogens with two attached hydrogens (primary N) is 2. The smallest absolute Gasteiger partial charge is 0.303 e. The van der Waals surface area contributed by atoms with E-state index >= 15 is 0 Å². The number of nitrogens with one attached hydrogen (secondary N) is 8. The van der Waals surface area contributed by atoms with Gasteiger partial charge in [0.05, 0.1) is 6.04 Å². The molecule has 0 saturated carbocycles. The van der Waals surface area contributed by atoms with Gasteiger partial charge < -0.3 is 69.3 Å². The Kier molecular flexibility index (Phi) is 27.7. The molecule has 2 aromatic carbocycles. The number of carboxylic acid groups (broad SMARTS) is 1. The number of primary amides is 1. The summed E-state index contributed by atoms with van der Waals surface area (Å²) < 4.78 is 0. The van der Waals surface area contributed by atoms with E-state index in [1.807, 2.05) is 34.6 Å². The lowest BCUT2D eigenvalue weighted by Crippen LogP contribution is -2.61. The van der Waals surface area contributed by atoms with Crippen LogP contribution in [-0.2, 0) is 56.0 Å². The highest BCUT2D eigenvalue weighted by Crippen LogP contribution is 2.16. The highest BCUT2D eigenvalue weighted by atomic mass is 16.4. The average Bonchev–Trinajstić information content (AvgIpc) is 3.34. The van der Waals surface area contributed by atoms with Crippen LogP contribution in [0.3, 0.4) is 0 Å². The number of aromatic hydroxyl groups is 2. The number of carbonyl (C=O) groups excluding carboxylic acids is 8. The van der Waals surface area contributed by atoms with E-state index in [0.717, 1.165) is 0 Å². The van der Waals surface area contributed by atoms with Gasteiger partial charge in [0, 0.05) is 19.3 Å². The molecule has 15 N–H and O–H groups in total. The van der Waals surface area contributed by atoms with Gasteiger partial charge in [-0.3, -0.25) is 43.2 Å². The van der Waals surface area contributed by atoms with Crippen molar-refractivity contribution in [3.05, 3.63) is 59.7 Å². The first-order valence-corrected chi connectivity index (χ1v) is 25.5. The van der Waals surface area contributed by atoms with Crippen molar-refractivity contribution in [2.45, 2.75) is 167 Å². The molecule has 0 fully saturated rings. The number of phenolic OH excluding ortho intramolecular Hbond substituents is 2. The zero-order valence-corrected chi connectivity index (χ0v) is 44.1. The molecule has 0 bridgehead atoms. The third kappa shape index (κ3) is 22.5. The van der Waals surface area contributed by atoms with Crippen LogP contribution in [-0.4, -0.2) is 130 Å². The third-order valence-electron chi connectivity index (χ3n) is 12.5. The first-order valence-electron chi connectivity index (χ1n) is 25.5. The van der Waals surface area contributed by atoms with Gasteiger partial charge in [0.15, 0.2) is 0 Å². The van der Waals surface area contributed by atoms with Gasteiger partial charge in [0.1, 0.15) is 53.8 Å². The van der Waals surface area contributed by atoms with E-state index in [2.05, 4.69) is 42.5 Å². The summed E-state index contributed by atoms with van der Waals surface area (Å²) in [5.41, 5.74) is 12.6. The Morgan fingerprint density at radius 1 is 0.500 bits per heavy atom. The summed E-state index contributed by atoms with van der Waals surface area (Å²) >= 11 is 0. The quantitative estimate of drug-likeness (QED) is 0.0433. The Bertz CT molecular complexity index is 2160. The number of aliphatic carboxylic acids is 1. The zero-order valence-electron chi connectivity index (χ0n) is 44.1. The molecule has 0 heterocycles. The van der Waals surface area contributed by atoms with E-state index < -0.39 is 107 Å². The minimum absolute atomic E-state index is 0.0159. The highest BCUT2D eigenvalue weighted by Gasteiger charge is 2.36. The minimum Gasteiger partial charge on any atom is -0.508 e. The molecule has 74 heavy (non-hydrogen) atoms. The van der Waals surface area contributed by atoms with Crippen molar-refractivity contribution in [1.29, 1.82) is 0 Å². The fourth-order valence-electron chi connectivity index (χ4n) is 7.94. The topological polar surface area (TPSA) is 363 Å². The number of benzene rings is 2. The molecule has 2 rings (SSSR count). The van der Waals surface area contributed by atoms with Crippen LogP contribution in [0.1, 0.15) is 117 Å². The maximum atomic E-state index is 14.4. The minimum atomic E-state index is -1.34. The van der Waals surface area contributed by atoms with Crippen molar-refractivity contribution < 1.29 is 58.5 Å². The molecule has 22 heteroatoms. The fraction of sp³-hybridized carbons (Fsp3) is 0.596. The fourth-order valence-corrected chi connectivity index (χ4v) is 7.94. The second-order valence-corrected chi connectivity index (χ2v) is 19.6. The van der Waals surface area contributed by atoms with Crippen molar-refractivity contribution in [2.24, 2.45) is 29.2 Å². The lowest BCUT2D eigenvalue weighted by atomic mass is 9.96. The summed E-state index contributed by atoms with van der Waals surface area (Å²) in [6.07, 6.45) is 1.27. The molecule has 0 aliphatic carbocycles. The average molecular weight is 1040 g/mol. The molecule has 0 aromatic heterocycles. The predicted molar refractivity (Wildman–Crippen MR) is 278 cm³/mol. The summed E-state index contributed by atoms with van der Waals surface area (Å²) in [5.74, 6) is -7.58. The standard InChI is InChI=1S/C52H82N10O12/c1-9-31(7)44(52(74)61-41(26-30(5)6)49(71)58-39(45(54)67)27-32-14-18-34(63)19-15-32)62-46(68)36(10-2)56-48(70)38(13-11-12-24-53)57-51(73)42(28-33-16-20-35(64)21-17-33)60-50(72)40(25-29(3)4)59-47(69)37(55-8)22-23-43(65)66/h14-21,29-31,36-42,44,55,63-64H,9-13,22-28,53H2,1-8H3,(H2,54,67)(H,56,70)(H,57,73)(H,58,71)(H,59,69)(H,60,72)(H,61,74)(H,62,68)(H,65,66)/t31-,36-,37-,38-,39-,40-,41-,42-,44-/m0/s1. The van der Waals surface area contributed by atoms with Crippen molar-refractivity contribution in [1.82, 2.24) is 42.5 Å². The lowest BCUT2D eigenvalue weighted by molar-refractivity contribution is -0.137. The Balaban J connectivity index is 2.39. The monoisotopic (exact) mass is 1040 g/mol. The number of phenols is 2. The van der Waals surface area contributed by atoms with Crippen molar-refractivity contribution in [3.8, 4) is 11.5 Å². The maximum absolute atomic E-state index is 14.4. The number of hydrogen-bond acceptors (Lipinski definition) is 13. The van der Waals surface area contributed by atoms with Crippen LogP contribution in [0.2, 0.25) is 0 Å². The summed E-state index contributed by atoms with van der Waals surface area (Å²) in [4.78, 5) is 122. The van der Waals surface area contributed by atoms with E-state index in [-0.39, 0.29) is 81.2 Å². The second-order valence-electron chi connectivity index (χ2n) is 19.6. The van der Waals surface area contributed by atoms with Crippen LogP contribution in [0.25, 0.3) is 0 Å². The summed E-state index contributed by atoms with van der Waals surface area (Å²) in [6.45, 7) is 12.8. The number of amides is 8. The molecule has 0 aliphatic rings. The number of likely N-dealkylation sites (N-methyl/N-ethyl adjacent to an activating group) is 1. The van der Waals surface area contributed by atoms with E-state index in [0.29, 0.717) is 30.4 Å². The molecule has 412 valence electrons. The molecule has 0 unspecified atom stereocenters. The summed E-state index contributed by atoms with van der Waals surface area (Å²) in [5, 5.41) is 50.6. The number of rotatable bonds is 34. The van der Waals surface area contributed by atoms with Gasteiger partial charge in [0.25, 0.3) is 0 Å². The Morgan fingerprint density at radius 2 is 0.905 bits per heavy atom. The Labute approximate surface area is 434 Å². The molecule has 22 nitrogen and oxygen atoms in total. The molecular formula is C52H82N10O12. The van der Waals surface area contributed by atoms with Crippen LogP contribution < -0.4 is 54.0 Å². The number of carbonyl (C=O) groups is 9. The largest absolute Gasteiger partial charge is 0.508 e. The van der Waals surface area contributed by atoms with Gasteiger partial charge in [-0.05, 0) is 112 Å². The molecule has 8 amide bonds. The second kappa shape index (κ2) is 32.4. The van der Waals surface area contributed by atoms with Crippen molar-refractivity contribution in [3.63, 3.8) is 0 Å². The Morgan fingerprint density at radius 3 is 1.35 bits per heavy atom. The predicted octanol–water partition coefficient (Wildman–Crippen LogP) is 0.892. The van der Waals surface area contributed by atoms with E-state index in [1.54, 1.807) is 38.1 Å². The summed E-state index contributed by atoms with van der Waals surface area (Å²) in [6, 6.07) is 2.58. The molecule has 0 radical (unpaired) electrons. The van der Waals surface area contributed by atoms with Gasteiger partial charge in [-0.2, -0.15) is 0 Å². The third-order valence-corrected chi connectivity index (χ3v) is 12.5. The number of carboxylic acids is 1. The molecule has 0 aliphatic heterocycles. The van der Waals surface area contributed by atoms with Gasteiger partial charge >= 0.3 is 5.97 Å². The molecule has 0 saturated heterocycles. The van der Waals surface area contributed by atoms with Crippen LogP contribution >= 0.6 is 0 Å². The number of hydrogen-bond donors (Lipinski definition) is 13. The van der Waals surface area contributed by atoms with Gasteiger partial charge in [-0.15, -0.1) is 0 Å². The lowest BCUT2D eigenvalue weighted by Gasteiger charge is -2.30. The maximum Gasteiger partial charge on any atom is 0.303 e. The molecular weight excluding hydrogens is 957 g/mol. The first-order chi connectivity index (χ1) is 34.9. The van der Waals surface area contributed by atoms with Gasteiger partial charge in [0.2, 0.25) is 47.3 Å². The highest BCUT2D eigenvalue weighted by molar-refractivity contribution is 5.98. The van der Waals surface area contributed by atoms with Crippen LogP contribution in [0, 0.1) is 17.8 Å². The normalized spacial score (nSPS) is 14.9. The van der Waals surface area contributed by atoms with Crippen LogP contribution in [0.5, 0.6) is 11.5 Å². The Hall–Kier alpha value is -6.81. The van der Waals surface area contributed by atoms with Gasteiger partial charge in [-0.1, -0.05) is 79.2 Å². The molecule has 9 atom stereocenters. The SMILES string of the molecule is CC[C@H](NC(=O)[C@H](CCCCN)NC(=O)[C@H](Cc1ccc(O)cc1)NC(=O)[C@H](CC(C)C)NC(=O)[C@H](CCC(=O)O)NC)C(=O)N[C@H](C(=O)N[C@@H](CC(C)C)C(=O)N[C@@H](Cc1ccc(O)cc1)C(N)=O)[C@@H](C)CC. The van der Waals surface area contributed by atoms with E-state index in [4.69, 9.17) is 11.5 Å². The zero-order chi connectivity index (χ0) is 55.7. The first kappa shape index (κ1) is 63.3. The van der Waals surface area contributed by atoms with Crippen molar-refractivity contribution in [2.75, 3.05) is 13.6 Å². The molecule has 2 aromatic rings. The number of unbranched alkanes of at least 4 members (excludes halogenated alkanes) is 1. The van der Waals surface area contributed by atoms with Crippen LogP contribution in [0.15, 0.2) is 48.5 Å². The van der Waals surface area contributed by atoms with Crippen molar-refractivity contribution >= 4 is 53.2 Å². The van der Waals surface area contributed by atoms with E-state index in [9.17, 15) is 58.5 Å². The van der Waals surface area contributed by atoms with E-state index in [1.165, 1.54) is 31.3 Å². The van der Waals surface area contributed by atoms with Gasteiger partial charge in [-0.25, -0.2) is 0 Å². The summed E-state index contributed by atoms with van der Waals surface area (Å²) in [7, 11) is 1.49. The van der Waals surface area contributed by atoms with Crippen LogP contribution in [0.4, 0.5) is 0 Å².